The molecule has 2 aromatic heterocycles. The van der Waals surface area contributed by atoms with Crippen LogP contribution in [0.3, 0.4) is 0 Å². The van der Waals surface area contributed by atoms with Gasteiger partial charge in [0, 0.05) is 11.8 Å². The number of nitrogens with two attached hydrogens (primary N) is 1. The van der Waals surface area contributed by atoms with Crippen molar-refractivity contribution in [2.45, 2.75) is 0 Å². The maximum atomic E-state index is 12.3. The van der Waals surface area contributed by atoms with Gasteiger partial charge in [0.15, 0.2) is 0 Å². The maximum absolute atomic E-state index is 12.3. The van der Waals surface area contributed by atoms with Gasteiger partial charge in [-0.1, -0.05) is 12.1 Å². The van der Waals surface area contributed by atoms with E-state index in [-0.39, 0.29) is 5.69 Å². The van der Waals surface area contributed by atoms with E-state index in [2.05, 4.69) is 16.2 Å². The number of carbonyl (C=O) groups excluding carboxylic acids is 1. The molecule has 0 bridgehead atoms. The number of nitrogens with zero attached hydrogens (tertiary/aromatic N) is 3. The van der Waals surface area contributed by atoms with E-state index in [9.17, 15) is 9.18 Å². The van der Waals surface area contributed by atoms with Crippen molar-refractivity contribution in [3.05, 3.63) is 48.4 Å². The molecule has 0 saturated carbocycles. The average Bonchev–Trinajstić information content (AvgIpc) is 2.87. The van der Waals surface area contributed by atoms with Crippen molar-refractivity contribution in [1.82, 2.24) is 14.4 Å². The van der Waals surface area contributed by atoms with Gasteiger partial charge >= 0.3 is 0 Å². The van der Waals surface area contributed by atoms with Crippen molar-refractivity contribution < 1.29 is 13.9 Å². The fourth-order valence-electron chi connectivity index (χ4n) is 2.08. The zero-order valence-electron chi connectivity index (χ0n) is 10.8. The summed E-state index contributed by atoms with van der Waals surface area (Å²) in [5.74, 6) is 0.00224. The third-order valence-electron chi connectivity index (χ3n) is 2.92. The number of carbonyl (C=O) groups is 1. The molecule has 0 aliphatic heterocycles. The molecule has 3 aromatic rings. The van der Waals surface area contributed by atoms with Crippen LogP contribution >= 0.6 is 0 Å². The number of aromatic nitrogens is 3. The molecule has 1 radical (unpaired) electrons. The lowest BCUT2D eigenvalue weighted by Gasteiger charge is -2.04. The van der Waals surface area contributed by atoms with E-state index >= 15 is 0 Å². The Morgan fingerprint density at radius 1 is 1.48 bits per heavy atom. The molecule has 2 heterocycles. The van der Waals surface area contributed by atoms with E-state index in [1.165, 1.54) is 4.40 Å². The summed E-state index contributed by atoms with van der Waals surface area (Å²) in [5.41, 5.74) is 6.57. The Labute approximate surface area is 119 Å². The number of rotatable bonds is 4. The Morgan fingerprint density at radius 2 is 2.33 bits per heavy atom. The summed E-state index contributed by atoms with van der Waals surface area (Å²) < 4.78 is 18.5. The third-order valence-corrected chi connectivity index (χ3v) is 2.92. The molecular weight excluding hydrogens is 275 g/mol. The van der Waals surface area contributed by atoms with Crippen LogP contribution in [0.15, 0.2) is 36.5 Å². The van der Waals surface area contributed by atoms with Crippen molar-refractivity contribution >= 4 is 11.7 Å². The topological polar surface area (TPSA) is 82.5 Å². The van der Waals surface area contributed by atoms with E-state index in [0.29, 0.717) is 22.8 Å². The molecule has 0 spiro atoms. The first-order chi connectivity index (χ1) is 10.2. The van der Waals surface area contributed by atoms with E-state index in [4.69, 9.17) is 10.5 Å². The largest absolute Gasteiger partial charge is 0.463 e. The molecule has 7 heteroatoms. The number of halogens is 1. The first-order valence-electron chi connectivity index (χ1n) is 6.05. The summed E-state index contributed by atoms with van der Waals surface area (Å²) in [5, 5.41) is 0. The smallest absolute Gasteiger partial charge is 0.268 e. The SMILES string of the molecule is NC(=O)c1c(-c2cccc(OCF)c2)nc2n[c]ccn12. The first kappa shape index (κ1) is 13.0. The lowest BCUT2D eigenvalue weighted by atomic mass is 10.1. The quantitative estimate of drug-likeness (QED) is 0.789. The summed E-state index contributed by atoms with van der Waals surface area (Å²) in [6.07, 6.45) is 4.24. The molecule has 3 rings (SSSR count). The van der Waals surface area contributed by atoms with Gasteiger partial charge in [-0.2, -0.15) is 0 Å². The Balaban J connectivity index is 2.22. The Morgan fingerprint density at radius 3 is 3.10 bits per heavy atom. The molecule has 0 fully saturated rings. The van der Waals surface area contributed by atoms with Crippen molar-refractivity contribution in [2.24, 2.45) is 5.73 Å². The Bertz CT molecular complexity index is 816. The summed E-state index contributed by atoms with van der Waals surface area (Å²) in [4.78, 5) is 19.9. The van der Waals surface area contributed by atoms with Crippen molar-refractivity contribution in [2.75, 3.05) is 6.86 Å². The van der Waals surface area contributed by atoms with Crippen LogP contribution in [-0.4, -0.2) is 27.1 Å². The Hall–Kier alpha value is -2.96. The number of primary amides is 1. The second-order valence-corrected chi connectivity index (χ2v) is 4.18. The number of hydrogen-bond acceptors (Lipinski definition) is 4. The highest BCUT2D eigenvalue weighted by molar-refractivity contribution is 5.98. The molecule has 0 saturated heterocycles. The monoisotopic (exact) mass is 285 g/mol. The molecule has 21 heavy (non-hydrogen) atoms. The van der Waals surface area contributed by atoms with Gasteiger partial charge in [-0.15, -0.1) is 0 Å². The second-order valence-electron chi connectivity index (χ2n) is 4.18. The molecule has 0 aliphatic carbocycles. The van der Waals surface area contributed by atoms with E-state index in [1.807, 2.05) is 0 Å². The van der Waals surface area contributed by atoms with Gasteiger partial charge in [0.1, 0.15) is 17.1 Å². The molecule has 1 aromatic carbocycles. The lowest BCUT2D eigenvalue weighted by Crippen LogP contribution is -2.15. The fourth-order valence-corrected chi connectivity index (χ4v) is 2.08. The van der Waals surface area contributed by atoms with Crippen LogP contribution < -0.4 is 10.5 Å². The number of amides is 1. The highest BCUT2D eigenvalue weighted by atomic mass is 19.1. The third kappa shape index (κ3) is 2.29. The van der Waals surface area contributed by atoms with Gasteiger partial charge in [-0.3, -0.25) is 9.20 Å². The van der Waals surface area contributed by atoms with Gasteiger partial charge in [0.05, 0.1) is 6.20 Å². The lowest BCUT2D eigenvalue weighted by molar-refractivity contribution is 0.0995. The second kappa shape index (κ2) is 5.20. The number of imidazole rings is 1. The van der Waals surface area contributed by atoms with Crippen LogP contribution in [0.2, 0.25) is 0 Å². The van der Waals surface area contributed by atoms with Gasteiger partial charge in [0.2, 0.25) is 12.6 Å². The molecule has 105 valence electrons. The van der Waals surface area contributed by atoms with Gasteiger partial charge in [0.25, 0.3) is 5.91 Å². The standard InChI is InChI=1S/C14H10FN4O2/c15-8-21-10-4-1-3-9(7-10)11-12(13(16)20)19-6-2-5-17-14(19)18-11/h1-4,6-7H,8H2,(H2,16,20). The number of fused-ring (bicyclic) bond motifs is 1. The summed E-state index contributed by atoms with van der Waals surface area (Å²) >= 11 is 0. The fraction of sp³-hybridized carbons (Fsp3) is 0.0714. The number of ether oxygens (including phenoxy) is 1. The maximum Gasteiger partial charge on any atom is 0.268 e. The molecular formula is C14H10FN4O2. The molecule has 0 atom stereocenters. The normalized spacial score (nSPS) is 10.7. The van der Waals surface area contributed by atoms with Crippen molar-refractivity contribution in [1.29, 1.82) is 0 Å². The van der Waals surface area contributed by atoms with Crippen LogP contribution in [0.5, 0.6) is 5.75 Å². The van der Waals surface area contributed by atoms with E-state index < -0.39 is 12.8 Å². The predicted octanol–water partition coefficient (Wildman–Crippen LogP) is 1.60. The van der Waals surface area contributed by atoms with E-state index in [0.717, 1.165) is 0 Å². The average molecular weight is 285 g/mol. The highest BCUT2D eigenvalue weighted by Crippen LogP contribution is 2.26. The molecule has 6 nitrogen and oxygen atoms in total. The van der Waals surface area contributed by atoms with Crippen molar-refractivity contribution in [3.8, 4) is 17.0 Å². The summed E-state index contributed by atoms with van der Waals surface area (Å²) in [6.45, 7) is -0.937. The minimum Gasteiger partial charge on any atom is -0.463 e. The van der Waals surface area contributed by atoms with Gasteiger partial charge in [-0.05, 0) is 18.2 Å². The number of benzene rings is 1. The summed E-state index contributed by atoms with van der Waals surface area (Å²) in [6, 6.07) is 8.14. The van der Waals surface area contributed by atoms with Crippen LogP contribution in [-0.2, 0) is 0 Å². The van der Waals surface area contributed by atoms with Crippen LogP contribution in [0.25, 0.3) is 17.0 Å². The van der Waals surface area contributed by atoms with Crippen LogP contribution in [0.4, 0.5) is 4.39 Å². The zero-order valence-corrected chi connectivity index (χ0v) is 10.8. The number of hydrogen-bond donors (Lipinski definition) is 1. The molecule has 0 unspecified atom stereocenters. The summed E-state index contributed by atoms with van der Waals surface area (Å²) in [7, 11) is 0. The predicted molar refractivity (Wildman–Crippen MR) is 72.4 cm³/mol. The van der Waals surface area contributed by atoms with Gasteiger partial charge < -0.3 is 10.5 Å². The molecule has 0 aliphatic rings. The van der Waals surface area contributed by atoms with E-state index in [1.54, 1.807) is 36.5 Å². The highest BCUT2D eigenvalue weighted by Gasteiger charge is 2.19. The molecule has 1 amide bonds. The van der Waals surface area contributed by atoms with Gasteiger partial charge in [-0.25, -0.2) is 14.4 Å². The Kier molecular flexibility index (Phi) is 3.23. The molecule has 2 N–H and O–H groups in total. The minimum atomic E-state index is -0.937. The van der Waals surface area contributed by atoms with Crippen molar-refractivity contribution in [3.63, 3.8) is 0 Å². The first-order valence-corrected chi connectivity index (χ1v) is 6.05. The van der Waals surface area contributed by atoms with Crippen LogP contribution in [0, 0.1) is 6.20 Å². The zero-order chi connectivity index (χ0) is 14.8. The minimum absolute atomic E-state index is 0.198. The number of alkyl halides is 1. The van der Waals surface area contributed by atoms with Crippen LogP contribution in [0.1, 0.15) is 10.5 Å².